The normalized spacial score (nSPS) is 14.6. The van der Waals surface area contributed by atoms with Gasteiger partial charge < -0.3 is 15.4 Å². The van der Waals surface area contributed by atoms with Crippen molar-refractivity contribution in [3.63, 3.8) is 0 Å². The molecule has 1 unspecified atom stereocenters. The van der Waals surface area contributed by atoms with Crippen LogP contribution in [0, 0.1) is 0 Å². The highest BCUT2D eigenvalue weighted by molar-refractivity contribution is 5.84. The summed E-state index contributed by atoms with van der Waals surface area (Å²) in [6, 6.07) is 5.56. The van der Waals surface area contributed by atoms with Gasteiger partial charge in [0, 0.05) is 0 Å². The van der Waals surface area contributed by atoms with Crippen LogP contribution in [0.3, 0.4) is 0 Å². The number of aromatic amines is 1. The minimum atomic E-state index is -0.887. The SMILES string of the molecule is CNCCC(C)(C(=O)O)c1ccc2nc[nH]c2c1. The number of nitrogens with zero attached hydrogens (tertiary/aromatic N) is 1. The molecule has 0 aliphatic rings. The third kappa shape index (κ3) is 2.09. The van der Waals surface area contributed by atoms with E-state index in [9.17, 15) is 9.90 Å². The Hall–Kier alpha value is -1.88. The van der Waals surface area contributed by atoms with E-state index in [1.165, 1.54) is 0 Å². The van der Waals surface area contributed by atoms with Crippen LogP contribution in [0.5, 0.6) is 0 Å². The van der Waals surface area contributed by atoms with Gasteiger partial charge >= 0.3 is 5.97 Å². The van der Waals surface area contributed by atoms with E-state index in [0.717, 1.165) is 16.6 Å². The molecule has 1 aromatic heterocycles. The number of rotatable bonds is 5. The van der Waals surface area contributed by atoms with Gasteiger partial charge in [0.2, 0.25) is 0 Å². The zero-order valence-electron chi connectivity index (χ0n) is 10.5. The fourth-order valence-corrected chi connectivity index (χ4v) is 2.03. The summed E-state index contributed by atoms with van der Waals surface area (Å²) in [5.41, 5.74) is 1.62. The Morgan fingerprint density at radius 3 is 3.00 bits per heavy atom. The highest BCUT2D eigenvalue weighted by Gasteiger charge is 2.34. The Labute approximate surface area is 105 Å². The van der Waals surface area contributed by atoms with E-state index in [-0.39, 0.29) is 0 Å². The summed E-state index contributed by atoms with van der Waals surface area (Å²) >= 11 is 0. The average Bonchev–Trinajstić information content (AvgIpc) is 2.82. The van der Waals surface area contributed by atoms with Crippen molar-refractivity contribution in [1.29, 1.82) is 0 Å². The van der Waals surface area contributed by atoms with Gasteiger partial charge in [0.25, 0.3) is 0 Å². The van der Waals surface area contributed by atoms with Crippen LogP contribution in [0.25, 0.3) is 11.0 Å². The van der Waals surface area contributed by atoms with Crippen molar-refractivity contribution >= 4 is 17.0 Å². The van der Waals surface area contributed by atoms with Crippen LogP contribution in [0.1, 0.15) is 18.9 Å². The van der Waals surface area contributed by atoms with Crippen LogP contribution in [0.4, 0.5) is 0 Å². The van der Waals surface area contributed by atoms with E-state index in [1.807, 2.05) is 25.2 Å². The maximum Gasteiger partial charge on any atom is 0.313 e. The lowest BCUT2D eigenvalue weighted by Crippen LogP contribution is -2.35. The van der Waals surface area contributed by atoms with Crippen LogP contribution in [0.15, 0.2) is 24.5 Å². The second kappa shape index (κ2) is 4.78. The van der Waals surface area contributed by atoms with Crippen molar-refractivity contribution in [2.45, 2.75) is 18.8 Å². The van der Waals surface area contributed by atoms with Crippen molar-refractivity contribution in [2.24, 2.45) is 0 Å². The van der Waals surface area contributed by atoms with Gasteiger partial charge in [-0.1, -0.05) is 6.07 Å². The van der Waals surface area contributed by atoms with Crippen molar-refractivity contribution in [2.75, 3.05) is 13.6 Å². The van der Waals surface area contributed by atoms with E-state index in [1.54, 1.807) is 13.3 Å². The minimum Gasteiger partial charge on any atom is -0.481 e. The zero-order chi connectivity index (χ0) is 13.2. The van der Waals surface area contributed by atoms with Gasteiger partial charge in [0.15, 0.2) is 0 Å². The summed E-state index contributed by atoms with van der Waals surface area (Å²) in [6.45, 7) is 2.41. The monoisotopic (exact) mass is 247 g/mol. The Bertz CT molecular complexity index is 564. The topological polar surface area (TPSA) is 78.0 Å². The van der Waals surface area contributed by atoms with E-state index in [0.29, 0.717) is 13.0 Å². The lowest BCUT2D eigenvalue weighted by atomic mass is 9.79. The van der Waals surface area contributed by atoms with Gasteiger partial charge in [-0.2, -0.15) is 0 Å². The second-order valence-electron chi connectivity index (χ2n) is 4.63. The number of nitrogens with one attached hydrogen (secondary N) is 2. The van der Waals surface area contributed by atoms with Crippen LogP contribution in [-0.4, -0.2) is 34.6 Å². The highest BCUT2D eigenvalue weighted by atomic mass is 16.4. The molecule has 0 saturated heterocycles. The molecule has 5 nitrogen and oxygen atoms in total. The second-order valence-corrected chi connectivity index (χ2v) is 4.63. The van der Waals surface area contributed by atoms with Crippen molar-refractivity contribution in [3.8, 4) is 0 Å². The third-order valence-electron chi connectivity index (χ3n) is 3.40. The largest absolute Gasteiger partial charge is 0.481 e. The highest BCUT2D eigenvalue weighted by Crippen LogP contribution is 2.29. The summed E-state index contributed by atoms with van der Waals surface area (Å²) in [5, 5.41) is 12.5. The summed E-state index contributed by atoms with van der Waals surface area (Å²) < 4.78 is 0. The predicted octanol–water partition coefficient (Wildman–Crippen LogP) is 1.51. The van der Waals surface area contributed by atoms with E-state index < -0.39 is 11.4 Å². The summed E-state index contributed by atoms with van der Waals surface area (Å²) in [6.07, 6.45) is 2.15. The molecule has 2 aromatic rings. The maximum atomic E-state index is 11.5. The number of hydrogen-bond donors (Lipinski definition) is 3. The number of carboxylic acids is 1. The first-order valence-electron chi connectivity index (χ1n) is 5.89. The number of hydrogen-bond acceptors (Lipinski definition) is 3. The number of H-pyrrole nitrogens is 1. The Kier molecular flexibility index (Phi) is 3.34. The summed E-state index contributed by atoms with van der Waals surface area (Å²) in [7, 11) is 1.82. The lowest BCUT2D eigenvalue weighted by Gasteiger charge is -2.25. The molecule has 1 atom stereocenters. The van der Waals surface area contributed by atoms with Crippen LogP contribution in [-0.2, 0) is 10.2 Å². The molecule has 0 spiro atoms. The molecule has 3 N–H and O–H groups in total. The molecule has 0 aliphatic heterocycles. The molecule has 1 aromatic carbocycles. The molecule has 0 saturated carbocycles. The van der Waals surface area contributed by atoms with Gasteiger partial charge in [-0.25, -0.2) is 4.98 Å². The molecule has 0 bridgehead atoms. The number of imidazole rings is 1. The standard InChI is InChI=1S/C13H17N3O2/c1-13(12(17)18,5-6-14-2)9-3-4-10-11(7-9)16-8-15-10/h3-4,7-8,14H,5-6H2,1-2H3,(H,15,16)(H,17,18). The lowest BCUT2D eigenvalue weighted by molar-refractivity contribution is -0.143. The molecule has 0 fully saturated rings. The smallest absolute Gasteiger partial charge is 0.313 e. The van der Waals surface area contributed by atoms with E-state index in [4.69, 9.17) is 0 Å². The Morgan fingerprint density at radius 2 is 2.33 bits per heavy atom. The van der Waals surface area contributed by atoms with Crippen molar-refractivity contribution < 1.29 is 9.90 Å². The molecule has 5 heteroatoms. The molecule has 0 radical (unpaired) electrons. The first-order chi connectivity index (χ1) is 8.58. The molecule has 0 aliphatic carbocycles. The molecule has 18 heavy (non-hydrogen) atoms. The number of aliphatic carboxylic acids is 1. The first-order valence-corrected chi connectivity index (χ1v) is 5.89. The van der Waals surface area contributed by atoms with Gasteiger partial charge in [-0.15, -0.1) is 0 Å². The van der Waals surface area contributed by atoms with Gasteiger partial charge in [-0.05, 0) is 44.6 Å². The van der Waals surface area contributed by atoms with Crippen molar-refractivity contribution in [3.05, 3.63) is 30.1 Å². The molecule has 0 amide bonds. The molecular weight excluding hydrogens is 230 g/mol. The van der Waals surface area contributed by atoms with E-state index >= 15 is 0 Å². The Morgan fingerprint density at radius 1 is 1.56 bits per heavy atom. The first kappa shape index (κ1) is 12.6. The molecule has 96 valence electrons. The summed E-state index contributed by atoms with van der Waals surface area (Å²) in [5.74, 6) is -0.809. The average molecular weight is 247 g/mol. The quantitative estimate of drug-likeness (QED) is 0.748. The number of aromatic nitrogens is 2. The van der Waals surface area contributed by atoms with Gasteiger partial charge in [0.1, 0.15) is 0 Å². The summed E-state index contributed by atoms with van der Waals surface area (Å²) in [4.78, 5) is 18.7. The number of carbonyl (C=O) groups is 1. The zero-order valence-corrected chi connectivity index (χ0v) is 10.5. The van der Waals surface area contributed by atoms with Crippen LogP contribution in [0.2, 0.25) is 0 Å². The molecule has 2 rings (SSSR count). The maximum absolute atomic E-state index is 11.5. The molecule has 1 heterocycles. The van der Waals surface area contributed by atoms with Gasteiger partial charge in [-0.3, -0.25) is 4.79 Å². The predicted molar refractivity (Wildman–Crippen MR) is 69.6 cm³/mol. The fraction of sp³-hybridized carbons (Fsp3) is 0.385. The van der Waals surface area contributed by atoms with Gasteiger partial charge in [0.05, 0.1) is 22.8 Å². The van der Waals surface area contributed by atoms with Crippen LogP contribution < -0.4 is 5.32 Å². The number of fused-ring (bicyclic) bond motifs is 1. The minimum absolute atomic E-state index is 0.540. The molecular formula is C13H17N3O2. The third-order valence-corrected chi connectivity index (χ3v) is 3.40. The Balaban J connectivity index is 2.43. The van der Waals surface area contributed by atoms with E-state index in [2.05, 4.69) is 15.3 Å². The fourth-order valence-electron chi connectivity index (χ4n) is 2.03. The van der Waals surface area contributed by atoms with Crippen molar-refractivity contribution in [1.82, 2.24) is 15.3 Å². The number of carboxylic acid groups (broad SMARTS) is 1. The van der Waals surface area contributed by atoms with Crippen LogP contribution >= 0.6 is 0 Å². The number of benzene rings is 1.